The van der Waals surface area contributed by atoms with Gasteiger partial charge in [-0.05, 0) is 25.5 Å². The number of pyridine rings is 2. The van der Waals surface area contributed by atoms with Gasteiger partial charge in [-0.2, -0.15) is 22.3 Å². The average Bonchev–Trinajstić information content (AvgIpc) is 2.75. The zero-order chi connectivity index (χ0) is 24.1. The molecule has 0 amide bonds. The van der Waals surface area contributed by atoms with Gasteiger partial charge in [-0.3, -0.25) is 4.98 Å². The predicted octanol–water partition coefficient (Wildman–Crippen LogP) is 5.42. The largest absolute Gasteiger partial charge is 0.619 e. The maximum Gasteiger partial charge on any atom is 0.417 e. The molecule has 3 aromatic rings. The highest BCUT2D eigenvalue weighted by atomic mass is 35.5. The molecule has 0 aliphatic carbocycles. The minimum atomic E-state index is -4.71. The van der Waals surface area contributed by atoms with E-state index < -0.39 is 54.0 Å². The maximum absolute atomic E-state index is 14.5. The van der Waals surface area contributed by atoms with Crippen LogP contribution in [0.1, 0.15) is 36.4 Å². The average molecular weight is 489 g/mol. The number of aromatic nitrogens is 2. The Labute approximate surface area is 190 Å². The van der Waals surface area contributed by atoms with Crippen molar-refractivity contribution in [1.29, 1.82) is 0 Å². The van der Waals surface area contributed by atoms with Crippen molar-refractivity contribution in [3.05, 3.63) is 69.8 Å². The minimum absolute atomic E-state index is 0.0589. The summed E-state index contributed by atoms with van der Waals surface area (Å²) in [5.74, 6) is -4.74. The lowest BCUT2D eigenvalue weighted by molar-refractivity contribution is -0.603. The Hall–Kier alpha value is -2.72. The summed E-state index contributed by atoms with van der Waals surface area (Å²) in [5, 5.41) is 12.1. The molecule has 4 rings (SSSR count). The second-order valence-corrected chi connectivity index (χ2v) is 8.48. The molecule has 11 heteroatoms. The highest BCUT2D eigenvalue weighted by molar-refractivity contribution is 6.35. The van der Waals surface area contributed by atoms with Gasteiger partial charge in [0.05, 0.1) is 29.6 Å². The van der Waals surface area contributed by atoms with Crippen LogP contribution in [0.3, 0.4) is 0 Å². The predicted molar refractivity (Wildman–Crippen MR) is 109 cm³/mol. The summed E-state index contributed by atoms with van der Waals surface area (Å²) in [6.07, 6.45) is -2.86. The first kappa shape index (κ1) is 23.4. The van der Waals surface area contributed by atoms with Crippen LogP contribution < -0.4 is 9.47 Å². The van der Waals surface area contributed by atoms with Crippen molar-refractivity contribution < 1.29 is 36.2 Å². The quantitative estimate of drug-likeness (QED) is 0.281. The Bertz CT molecular complexity index is 1220. The third kappa shape index (κ3) is 4.06. The number of hydrogen-bond donors (Lipinski definition) is 0. The van der Waals surface area contributed by atoms with Crippen LogP contribution in [0.2, 0.25) is 5.02 Å². The second-order valence-electron chi connectivity index (χ2n) is 8.07. The minimum Gasteiger partial charge on any atom is -0.619 e. The van der Waals surface area contributed by atoms with Gasteiger partial charge < -0.3 is 14.7 Å². The number of fused-ring (bicyclic) bond motifs is 1. The number of ether oxygens (including phenoxy) is 2. The molecule has 1 aliphatic heterocycles. The summed E-state index contributed by atoms with van der Waals surface area (Å²) in [7, 11) is 1.11. The van der Waals surface area contributed by atoms with Crippen LogP contribution in [0.4, 0.5) is 22.0 Å². The number of methoxy groups -OCH3 is 1. The Morgan fingerprint density at radius 1 is 1.24 bits per heavy atom. The first-order chi connectivity index (χ1) is 15.4. The summed E-state index contributed by atoms with van der Waals surface area (Å²) >= 11 is 6.33. The van der Waals surface area contributed by atoms with E-state index in [9.17, 15) is 27.2 Å². The van der Waals surface area contributed by atoms with Crippen molar-refractivity contribution in [2.45, 2.75) is 37.0 Å². The van der Waals surface area contributed by atoms with Crippen LogP contribution in [0.5, 0.6) is 5.75 Å². The summed E-state index contributed by atoms with van der Waals surface area (Å²) in [4.78, 5) is 4.48. The van der Waals surface area contributed by atoms with Crippen LogP contribution in [0, 0.1) is 16.8 Å². The van der Waals surface area contributed by atoms with Crippen LogP contribution in [-0.4, -0.2) is 30.5 Å². The standard InChI is InChI=1S/C22H18ClF5N2O3/c1-21(22(26,27)28)8-12(11-3-4-16(24)19(25)20(11)32-2)14(10-33-21)18-7-15(23)13-9-30(31)6-5-17(13)29-18/h3-7,9,12,14H,8,10H2,1-2H3/t12-,14+,21+/m0/s1. The van der Waals surface area contributed by atoms with E-state index in [1.807, 2.05) is 0 Å². The topological polar surface area (TPSA) is 58.3 Å². The summed E-state index contributed by atoms with van der Waals surface area (Å²) < 4.78 is 80.6. The molecule has 1 aliphatic rings. The van der Waals surface area contributed by atoms with Gasteiger partial charge in [0.25, 0.3) is 0 Å². The molecule has 1 fully saturated rings. The van der Waals surface area contributed by atoms with Gasteiger partial charge in [-0.25, -0.2) is 4.39 Å². The summed E-state index contributed by atoms with van der Waals surface area (Å²) in [6, 6.07) is 4.92. The van der Waals surface area contributed by atoms with Gasteiger partial charge in [0, 0.05) is 29.2 Å². The number of benzene rings is 1. The van der Waals surface area contributed by atoms with Crippen molar-refractivity contribution >= 4 is 22.5 Å². The van der Waals surface area contributed by atoms with Gasteiger partial charge in [0.1, 0.15) is 0 Å². The SMILES string of the molecule is COc1c([C@@H]2C[C@](C)(C(F)(F)F)OC[C@H]2c2cc(Cl)c3c[n+]([O-])ccc3n2)ccc(F)c1F. The Kier molecular flexibility index (Phi) is 5.86. The lowest BCUT2D eigenvalue weighted by Crippen LogP contribution is -2.50. The van der Waals surface area contributed by atoms with Crippen LogP contribution in [0.15, 0.2) is 36.7 Å². The summed E-state index contributed by atoms with van der Waals surface area (Å²) in [5.41, 5.74) is -1.83. The lowest BCUT2D eigenvalue weighted by Gasteiger charge is -2.43. The zero-order valence-corrected chi connectivity index (χ0v) is 18.2. The fraction of sp³-hybridized carbons (Fsp3) is 0.364. The van der Waals surface area contributed by atoms with Crippen LogP contribution >= 0.6 is 11.6 Å². The van der Waals surface area contributed by atoms with E-state index in [1.165, 1.54) is 30.6 Å². The third-order valence-electron chi connectivity index (χ3n) is 6.03. The zero-order valence-electron chi connectivity index (χ0n) is 17.4. The Balaban J connectivity index is 1.88. The lowest BCUT2D eigenvalue weighted by atomic mass is 9.74. The van der Waals surface area contributed by atoms with Gasteiger partial charge in [0.2, 0.25) is 5.82 Å². The van der Waals surface area contributed by atoms with E-state index in [-0.39, 0.29) is 16.3 Å². The monoisotopic (exact) mass is 488 g/mol. The molecule has 0 spiro atoms. The molecule has 3 heterocycles. The van der Waals surface area contributed by atoms with E-state index in [4.69, 9.17) is 21.1 Å². The molecule has 5 nitrogen and oxygen atoms in total. The number of hydrogen-bond acceptors (Lipinski definition) is 4. The first-order valence-corrected chi connectivity index (χ1v) is 10.2. The van der Waals surface area contributed by atoms with Crippen molar-refractivity contribution in [1.82, 2.24) is 4.98 Å². The second kappa shape index (κ2) is 8.25. The number of rotatable bonds is 3. The molecular formula is C22H18ClF5N2O3. The summed E-state index contributed by atoms with van der Waals surface area (Å²) in [6.45, 7) is 0.502. The molecule has 33 heavy (non-hydrogen) atoms. The normalized spacial score (nSPS) is 23.6. The number of halogens is 6. The van der Waals surface area contributed by atoms with Crippen LogP contribution in [0.25, 0.3) is 10.9 Å². The number of nitrogens with zero attached hydrogens (tertiary/aromatic N) is 2. The smallest absolute Gasteiger partial charge is 0.417 e. The molecule has 0 N–H and O–H groups in total. The highest BCUT2D eigenvalue weighted by Crippen LogP contribution is 2.52. The van der Waals surface area contributed by atoms with Crippen LogP contribution in [-0.2, 0) is 4.74 Å². The molecule has 0 saturated carbocycles. The van der Waals surface area contributed by atoms with E-state index in [0.717, 1.165) is 20.1 Å². The van der Waals surface area contributed by atoms with Gasteiger partial charge in [-0.1, -0.05) is 17.7 Å². The fourth-order valence-corrected chi connectivity index (χ4v) is 4.45. The molecule has 176 valence electrons. The highest BCUT2D eigenvalue weighted by Gasteiger charge is 2.57. The Morgan fingerprint density at radius 2 is 1.97 bits per heavy atom. The molecule has 3 atom stereocenters. The van der Waals surface area contributed by atoms with Crippen molar-refractivity contribution in [2.24, 2.45) is 0 Å². The van der Waals surface area contributed by atoms with Crippen molar-refractivity contribution in [2.75, 3.05) is 13.7 Å². The molecule has 0 radical (unpaired) electrons. The van der Waals surface area contributed by atoms with Gasteiger partial charge >= 0.3 is 6.18 Å². The van der Waals surface area contributed by atoms with Crippen molar-refractivity contribution in [3.8, 4) is 5.75 Å². The first-order valence-electron chi connectivity index (χ1n) is 9.86. The molecule has 1 aromatic carbocycles. The van der Waals surface area contributed by atoms with E-state index in [2.05, 4.69) is 4.98 Å². The maximum atomic E-state index is 14.5. The molecule has 0 unspecified atom stereocenters. The van der Waals surface area contributed by atoms with Crippen molar-refractivity contribution in [3.63, 3.8) is 0 Å². The molecule has 1 saturated heterocycles. The third-order valence-corrected chi connectivity index (χ3v) is 6.35. The van der Waals surface area contributed by atoms with Gasteiger partial charge in [0.15, 0.2) is 29.6 Å². The molecular weight excluding hydrogens is 471 g/mol. The van der Waals surface area contributed by atoms with E-state index >= 15 is 0 Å². The Morgan fingerprint density at radius 3 is 2.64 bits per heavy atom. The molecule has 2 aromatic heterocycles. The molecule has 0 bridgehead atoms. The van der Waals surface area contributed by atoms with E-state index in [1.54, 1.807) is 0 Å². The van der Waals surface area contributed by atoms with Gasteiger partial charge in [-0.15, -0.1) is 0 Å². The fourth-order valence-electron chi connectivity index (χ4n) is 4.19. The van der Waals surface area contributed by atoms with E-state index in [0.29, 0.717) is 15.6 Å². The number of alkyl halides is 3.